The molecular weight excluding hydrogens is 356 g/mol. The minimum Gasteiger partial charge on any atom is -0.441 e. The van der Waals surface area contributed by atoms with E-state index in [0.29, 0.717) is 41.5 Å². The second kappa shape index (κ2) is 8.37. The first-order valence-corrected chi connectivity index (χ1v) is 9.44. The van der Waals surface area contributed by atoms with Crippen LogP contribution in [0.15, 0.2) is 33.1 Å². The second-order valence-electron chi connectivity index (χ2n) is 7.47. The number of carbonyl (C=O) groups is 1. The van der Waals surface area contributed by atoms with Crippen LogP contribution in [0.5, 0.6) is 0 Å². The number of rotatable bonds is 7. The van der Waals surface area contributed by atoms with Crippen molar-refractivity contribution in [2.45, 2.75) is 53.5 Å². The monoisotopic (exact) mass is 382 g/mol. The Morgan fingerprint density at radius 1 is 1.07 bits per heavy atom. The maximum Gasteiger partial charge on any atom is 0.238 e. The van der Waals surface area contributed by atoms with E-state index in [9.17, 15) is 4.79 Å². The number of benzene rings is 1. The predicted octanol–water partition coefficient (Wildman–Crippen LogP) is 4.10. The summed E-state index contributed by atoms with van der Waals surface area (Å²) in [4.78, 5) is 17.2. The third-order valence-electron chi connectivity index (χ3n) is 4.40. The maximum absolute atomic E-state index is 12.6. The van der Waals surface area contributed by atoms with E-state index in [4.69, 9.17) is 8.83 Å². The number of oxazole rings is 1. The van der Waals surface area contributed by atoms with Gasteiger partial charge in [-0.2, -0.15) is 0 Å². The van der Waals surface area contributed by atoms with Gasteiger partial charge < -0.3 is 14.2 Å². The van der Waals surface area contributed by atoms with Gasteiger partial charge >= 0.3 is 0 Å². The van der Waals surface area contributed by atoms with Crippen LogP contribution >= 0.6 is 0 Å². The van der Waals surface area contributed by atoms with Gasteiger partial charge in [-0.15, -0.1) is 10.2 Å². The highest BCUT2D eigenvalue weighted by atomic mass is 16.4. The van der Waals surface area contributed by atoms with E-state index >= 15 is 0 Å². The lowest BCUT2D eigenvalue weighted by atomic mass is 10.0. The SMILES string of the molecule is Cc1ccc(-c2nc(CC(=O)NC(CC(C)C)c3nnc(C)o3)c(C)o2)cc1. The molecule has 0 saturated heterocycles. The Bertz CT molecular complexity index is 941. The fourth-order valence-electron chi connectivity index (χ4n) is 2.95. The Hall–Kier alpha value is -2.96. The van der Waals surface area contributed by atoms with Crippen molar-refractivity contribution in [1.29, 1.82) is 0 Å². The van der Waals surface area contributed by atoms with E-state index in [-0.39, 0.29) is 18.4 Å². The summed E-state index contributed by atoms with van der Waals surface area (Å²) in [5, 5.41) is 10.9. The van der Waals surface area contributed by atoms with Crippen molar-refractivity contribution in [1.82, 2.24) is 20.5 Å². The molecule has 3 rings (SSSR count). The van der Waals surface area contributed by atoms with Gasteiger partial charge in [-0.25, -0.2) is 4.98 Å². The predicted molar refractivity (Wildman–Crippen MR) is 104 cm³/mol. The molecule has 2 heterocycles. The Morgan fingerprint density at radius 2 is 1.79 bits per heavy atom. The minimum absolute atomic E-state index is 0.128. The molecule has 1 amide bonds. The number of nitrogens with zero attached hydrogens (tertiary/aromatic N) is 3. The van der Waals surface area contributed by atoms with Crippen molar-refractivity contribution in [3.63, 3.8) is 0 Å². The molecule has 0 aliphatic rings. The normalized spacial score (nSPS) is 12.4. The fourth-order valence-corrected chi connectivity index (χ4v) is 2.95. The average molecular weight is 382 g/mol. The van der Waals surface area contributed by atoms with Crippen LogP contribution in [0.2, 0.25) is 0 Å². The summed E-state index contributed by atoms with van der Waals surface area (Å²) in [7, 11) is 0. The van der Waals surface area contributed by atoms with Crippen LogP contribution in [0.25, 0.3) is 11.5 Å². The maximum atomic E-state index is 12.6. The molecule has 7 nitrogen and oxygen atoms in total. The van der Waals surface area contributed by atoms with Crippen LogP contribution in [0.1, 0.15) is 55.1 Å². The third kappa shape index (κ3) is 4.85. The molecule has 7 heteroatoms. The Balaban J connectivity index is 1.72. The van der Waals surface area contributed by atoms with E-state index in [1.165, 1.54) is 5.56 Å². The topological polar surface area (TPSA) is 94.1 Å². The van der Waals surface area contributed by atoms with Crippen molar-refractivity contribution in [3.8, 4) is 11.5 Å². The molecule has 1 N–H and O–H groups in total. The Morgan fingerprint density at radius 3 is 2.39 bits per heavy atom. The lowest BCUT2D eigenvalue weighted by Crippen LogP contribution is -2.31. The molecule has 28 heavy (non-hydrogen) atoms. The summed E-state index contributed by atoms with van der Waals surface area (Å²) < 4.78 is 11.3. The molecule has 148 valence electrons. The second-order valence-corrected chi connectivity index (χ2v) is 7.47. The number of carbonyl (C=O) groups excluding carboxylic acids is 1. The van der Waals surface area contributed by atoms with Crippen LogP contribution < -0.4 is 5.32 Å². The summed E-state index contributed by atoms with van der Waals surface area (Å²) >= 11 is 0. The molecular formula is C21H26N4O3. The lowest BCUT2D eigenvalue weighted by Gasteiger charge is -2.17. The van der Waals surface area contributed by atoms with Crippen molar-refractivity contribution >= 4 is 5.91 Å². The largest absolute Gasteiger partial charge is 0.441 e. The highest BCUT2D eigenvalue weighted by molar-refractivity contribution is 5.78. The zero-order valence-corrected chi connectivity index (χ0v) is 16.9. The Labute approximate surface area is 164 Å². The average Bonchev–Trinajstić information content (AvgIpc) is 3.21. The lowest BCUT2D eigenvalue weighted by molar-refractivity contribution is -0.121. The number of aromatic nitrogens is 3. The first kappa shape index (κ1) is 19.8. The van der Waals surface area contributed by atoms with Gasteiger partial charge in [-0.3, -0.25) is 4.79 Å². The minimum atomic E-state index is -0.322. The summed E-state index contributed by atoms with van der Waals surface area (Å²) in [6, 6.07) is 7.61. The van der Waals surface area contributed by atoms with Gasteiger partial charge in [0.1, 0.15) is 11.8 Å². The molecule has 0 radical (unpaired) electrons. The van der Waals surface area contributed by atoms with E-state index in [1.54, 1.807) is 6.92 Å². The van der Waals surface area contributed by atoms with Crippen molar-refractivity contribution in [2.24, 2.45) is 5.92 Å². The molecule has 0 saturated carbocycles. The first-order chi connectivity index (χ1) is 13.3. The van der Waals surface area contributed by atoms with Crippen LogP contribution in [-0.4, -0.2) is 21.1 Å². The molecule has 0 fully saturated rings. The number of aryl methyl sites for hydroxylation is 3. The van der Waals surface area contributed by atoms with Gasteiger partial charge in [0.05, 0.1) is 12.1 Å². The van der Waals surface area contributed by atoms with Gasteiger partial charge in [0.2, 0.25) is 23.6 Å². The fraction of sp³-hybridized carbons (Fsp3) is 0.429. The molecule has 0 aliphatic heterocycles. The molecule has 3 aromatic rings. The third-order valence-corrected chi connectivity index (χ3v) is 4.40. The van der Waals surface area contributed by atoms with Crippen molar-refractivity contribution < 1.29 is 13.6 Å². The molecule has 1 unspecified atom stereocenters. The standard InChI is InChI=1S/C21H26N4O3/c1-12(2)10-18(21-25-24-15(5)28-21)22-19(26)11-17-14(4)27-20(23-17)16-8-6-13(3)7-9-16/h6-9,12,18H,10-11H2,1-5H3,(H,22,26). The van der Waals surface area contributed by atoms with Crippen LogP contribution in [-0.2, 0) is 11.2 Å². The quantitative estimate of drug-likeness (QED) is 0.661. The highest BCUT2D eigenvalue weighted by Crippen LogP contribution is 2.23. The van der Waals surface area contributed by atoms with Gasteiger partial charge in [0.25, 0.3) is 0 Å². The van der Waals surface area contributed by atoms with Gasteiger partial charge in [0, 0.05) is 12.5 Å². The number of hydrogen-bond acceptors (Lipinski definition) is 6. The molecule has 0 spiro atoms. The molecule has 1 aromatic carbocycles. The number of nitrogens with one attached hydrogen (secondary N) is 1. The zero-order chi connectivity index (χ0) is 20.3. The summed E-state index contributed by atoms with van der Waals surface area (Å²) in [6.45, 7) is 9.74. The summed E-state index contributed by atoms with van der Waals surface area (Å²) in [6.07, 6.45) is 0.836. The van der Waals surface area contributed by atoms with Crippen LogP contribution in [0.3, 0.4) is 0 Å². The molecule has 1 atom stereocenters. The van der Waals surface area contributed by atoms with E-state index in [1.807, 2.05) is 38.1 Å². The van der Waals surface area contributed by atoms with Gasteiger partial charge in [-0.1, -0.05) is 31.5 Å². The highest BCUT2D eigenvalue weighted by Gasteiger charge is 2.23. The van der Waals surface area contributed by atoms with E-state index < -0.39 is 0 Å². The molecule has 2 aromatic heterocycles. The van der Waals surface area contributed by atoms with Crippen LogP contribution in [0.4, 0.5) is 0 Å². The Kier molecular flexibility index (Phi) is 5.92. The number of amides is 1. The van der Waals surface area contributed by atoms with Crippen LogP contribution in [0, 0.1) is 26.7 Å². The number of hydrogen-bond donors (Lipinski definition) is 1. The van der Waals surface area contributed by atoms with Gasteiger partial charge in [-0.05, 0) is 38.3 Å². The van der Waals surface area contributed by atoms with Gasteiger partial charge in [0.15, 0.2) is 0 Å². The first-order valence-electron chi connectivity index (χ1n) is 9.44. The molecule has 0 bridgehead atoms. The smallest absolute Gasteiger partial charge is 0.238 e. The van der Waals surface area contributed by atoms with Crippen molar-refractivity contribution in [2.75, 3.05) is 0 Å². The summed E-state index contributed by atoms with van der Waals surface area (Å²) in [5.74, 6) is 2.27. The van der Waals surface area contributed by atoms with E-state index in [0.717, 1.165) is 5.56 Å². The van der Waals surface area contributed by atoms with E-state index in [2.05, 4.69) is 34.3 Å². The molecule has 0 aliphatic carbocycles. The summed E-state index contributed by atoms with van der Waals surface area (Å²) in [5.41, 5.74) is 2.68. The van der Waals surface area contributed by atoms with Crippen molar-refractivity contribution in [3.05, 3.63) is 53.1 Å². The zero-order valence-electron chi connectivity index (χ0n) is 16.9.